The van der Waals surface area contributed by atoms with E-state index < -0.39 is 0 Å². The predicted octanol–water partition coefficient (Wildman–Crippen LogP) is 3.09. The molecule has 122 valence electrons. The van der Waals surface area contributed by atoms with Crippen molar-refractivity contribution in [1.29, 1.82) is 0 Å². The van der Waals surface area contributed by atoms with Crippen molar-refractivity contribution in [3.8, 4) is 0 Å². The zero-order valence-electron chi connectivity index (χ0n) is 13.0. The van der Waals surface area contributed by atoms with Gasteiger partial charge in [-0.25, -0.2) is 0 Å². The number of rotatable bonds is 6. The van der Waals surface area contributed by atoms with E-state index in [4.69, 9.17) is 5.73 Å². The Balaban J connectivity index is 0.00000192. The number of carbonyl (C=O) groups is 1. The zero-order valence-corrected chi connectivity index (χ0v) is 13.8. The molecule has 1 saturated carbocycles. The molecule has 0 heterocycles. The smallest absolute Gasteiger partial charge is 0.232 e. The van der Waals surface area contributed by atoms with Crippen molar-refractivity contribution in [2.45, 2.75) is 24.8 Å². The van der Waals surface area contributed by atoms with Crippen LogP contribution in [0.1, 0.15) is 29.9 Å². The second-order valence-electron chi connectivity index (χ2n) is 6.00. The van der Waals surface area contributed by atoms with Crippen LogP contribution in [-0.4, -0.2) is 18.5 Å². The van der Waals surface area contributed by atoms with E-state index in [1.54, 1.807) is 0 Å². The van der Waals surface area contributed by atoms with Gasteiger partial charge < -0.3 is 11.1 Å². The lowest BCUT2D eigenvalue weighted by Gasteiger charge is -2.19. The summed E-state index contributed by atoms with van der Waals surface area (Å²) in [7, 11) is 0. The van der Waals surface area contributed by atoms with E-state index in [0.717, 1.165) is 11.1 Å². The van der Waals surface area contributed by atoms with E-state index in [9.17, 15) is 4.79 Å². The van der Waals surface area contributed by atoms with Crippen molar-refractivity contribution >= 4 is 18.3 Å². The van der Waals surface area contributed by atoms with E-state index in [1.807, 2.05) is 60.7 Å². The molecule has 0 spiro atoms. The van der Waals surface area contributed by atoms with Crippen LogP contribution in [-0.2, 0) is 4.79 Å². The molecule has 0 saturated heterocycles. The fourth-order valence-electron chi connectivity index (χ4n) is 2.80. The zero-order chi connectivity index (χ0) is 15.4. The maximum absolute atomic E-state index is 12.7. The molecule has 4 heteroatoms. The van der Waals surface area contributed by atoms with Gasteiger partial charge in [-0.15, -0.1) is 12.4 Å². The van der Waals surface area contributed by atoms with Crippen molar-refractivity contribution in [1.82, 2.24) is 5.32 Å². The summed E-state index contributed by atoms with van der Waals surface area (Å²) in [4.78, 5) is 12.7. The fourth-order valence-corrected chi connectivity index (χ4v) is 2.80. The number of amides is 1. The molecular formula is C19H23ClN2O. The highest BCUT2D eigenvalue weighted by atomic mass is 35.5. The van der Waals surface area contributed by atoms with Crippen molar-refractivity contribution in [3.63, 3.8) is 0 Å². The number of halogens is 1. The molecule has 0 aromatic heterocycles. The molecule has 2 aromatic carbocycles. The molecule has 2 aromatic rings. The van der Waals surface area contributed by atoms with Gasteiger partial charge in [0.15, 0.2) is 0 Å². The topological polar surface area (TPSA) is 55.1 Å². The molecule has 23 heavy (non-hydrogen) atoms. The van der Waals surface area contributed by atoms with Gasteiger partial charge >= 0.3 is 0 Å². The highest BCUT2D eigenvalue weighted by Gasteiger charge is 2.29. The van der Waals surface area contributed by atoms with Crippen LogP contribution < -0.4 is 11.1 Å². The van der Waals surface area contributed by atoms with Crippen LogP contribution in [0.15, 0.2) is 60.7 Å². The molecule has 0 radical (unpaired) electrons. The Morgan fingerprint density at radius 2 is 1.48 bits per heavy atom. The van der Waals surface area contributed by atoms with Crippen molar-refractivity contribution in [3.05, 3.63) is 71.8 Å². The van der Waals surface area contributed by atoms with E-state index in [1.165, 1.54) is 12.8 Å². The summed E-state index contributed by atoms with van der Waals surface area (Å²) < 4.78 is 0. The number of benzene rings is 2. The summed E-state index contributed by atoms with van der Waals surface area (Å²) >= 11 is 0. The first-order valence-corrected chi connectivity index (χ1v) is 7.89. The average molecular weight is 331 g/mol. The van der Waals surface area contributed by atoms with Gasteiger partial charge in [-0.05, 0) is 29.9 Å². The van der Waals surface area contributed by atoms with Gasteiger partial charge in [0.2, 0.25) is 5.91 Å². The largest absolute Gasteiger partial charge is 0.354 e. The normalized spacial score (nSPS) is 14.9. The van der Waals surface area contributed by atoms with Crippen LogP contribution in [0.25, 0.3) is 0 Å². The van der Waals surface area contributed by atoms with Gasteiger partial charge in [-0.3, -0.25) is 4.79 Å². The van der Waals surface area contributed by atoms with Gasteiger partial charge in [0.25, 0.3) is 0 Å². The van der Waals surface area contributed by atoms with Gasteiger partial charge in [-0.1, -0.05) is 60.7 Å². The minimum absolute atomic E-state index is 0. The maximum Gasteiger partial charge on any atom is 0.232 e. The molecular weight excluding hydrogens is 308 g/mol. The Kier molecular flexibility index (Phi) is 6.20. The molecule has 1 fully saturated rings. The van der Waals surface area contributed by atoms with Gasteiger partial charge in [0.1, 0.15) is 0 Å². The molecule has 1 unspecified atom stereocenters. The molecule has 1 aliphatic rings. The molecule has 3 rings (SSSR count). The predicted molar refractivity (Wildman–Crippen MR) is 95.7 cm³/mol. The van der Waals surface area contributed by atoms with Crippen LogP contribution >= 0.6 is 12.4 Å². The van der Waals surface area contributed by atoms with Gasteiger partial charge in [0, 0.05) is 12.6 Å². The summed E-state index contributed by atoms with van der Waals surface area (Å²) in [6.07, 6.45) is 2.38. The summed E-state index contributed by atoms with van der Waals surface area (Å²) in [6.45, 7) is 0.555. The van der Waals surface area contributed by atoms with Crippen LogP contribution in [0, 0.1) is 5.92 Å². The minimum atomic E-state index is -0.284. The molecule has 0 bridgehead atoms. The first-order chi connectivity index (χ1) is 10.8. The SMILES string of the molecule is Cl.NC(CNC(=O)C(c1ccccc1)c1ccccc1)C1CC1. The lowest BCUT2D eigenvalue weighted by molar-refractivity contribution is -0.121. The second kappa shape index (κ2) is 8.14. The van der Waals surface area contributed by atoms with Gasteiger partial charge in [0.05, 0.1) is 5.92 Å². The second-order valence-corrected chi connectivity index (χ2v) is 6.00. The van der Waals surface area contributed by atoms with Crippen LogP contribution in [0.2, 0.25) is 0 Å². The molecule has 1 aliphatic carbocycles. The Hall–Kier alpha value is -1.84. The van der Waals surface area contributed by atoms with E-state index >= 15 is 0 Å². The first kappa shape index (κ1) is 17.5. The van der Waals surface area contributed by atoms with E-state index in [-0.39, 0.29) is 30.3 Å². The number of hydrogen-bond donors (Lipinski definition) is 2. The molecule has 1 amide bonds. The standard InChI is InChI=1S/C19H22N2O.ClH/c20-17(14-11-12-14)13-21-19(22)18(15-7-3-1-4-8-15)16-9-5-2-6-10-16;/h1-10,14,17-18H,11-13,20H2,(H,21,22);1H. The number of nitrogens with one attached hydrogen (secondary N) is 1. The minimum Gasteiger partial charge on any atom is -0.354 e. The lowest BCUT2D eigenvalue weighted by atomic mass is 9.90. The van der Waals surface area contributed by atoms with Crippen LogP contribution in [0.4, 0.5) is 0 Å². The summed E-state index contributed by atoms with van der Waals surface area (Å²) in [5.74, 6) is 0.328. The van der Waals surface area contributed by atoms with Gasteiger partial charge in [-0.2, -0.15) is 0 Å². The fraction of sp³-hybridized carbons (Fsp3) is 0.316. The summed E-state index contributed by atoms with van der Waals surface area (Å²) in [6, 6.07) is 19.9. The molecule has 1 atom stereocenters. The first-order valence-electron chi connectivity index (χ1n) is 7.89. The highest BCUT2D eigenvalue weighted by Crippen LogP contribution is 2.31. The molecule has 0 aliphatic heterocycles. The monoisotopic (exact) mass is 330 g/mol. The van der Waals surface area contributed by atoms with Crippen molar-refractivity contribution in [2.24, 2.45) is 11.7 Å². The third kappa shape index (κ3) is 4.57. The quantitative estimate of drug-likeness (QED) is 0.855. The molecule has 3 nitrogen and oxygen atoms in total. The third-order valence-electron chi connectivity index (χ3n) is 4.27. The third-order valence-corrected chi connectivity index (χ3v) is 4.27. The number of hydrogen-bond acceptors (Lipinski definition) is 2. The maximum atomic E-state index is 12.7. The Bertz CT molecular complexity index is 574. The summed E-state index contributed by atoms with van der Waals surface area (Å²) in [5, 5.41) is 3.04. The molecule has 3 N–H and O–H groups in total. The van der Waals surface area contributed by atoms with Crippen molar-refractivity contribution < 1.29 is 4.79 Å². The van der Waals surface area contributed by atoms with E-state index in [0.29, 0.717) is 12.5 Å². The number of nitrogens with two attached hydrogens (primary N) is 1. The van der Waals surface area contributed by atoms with Crippen molar-refractivity contribution in [2.75, 3.05) is 6.54 Å². The van der Waals surface area contributed by atoms with Crippen LogP contribution in [0.3, 0.4) is 0 Å². The lowest BCUT2D eigenvalue weighted by Crippen LogP contribution is -2.40. The Labute approximate surface area is 143 Å². The Morgan fingerprint density at radius 3 is 1.91 bits per heavy atom. The average Bonchev–Trinajstić information content (AvgIpc) is 3.40. The highest BCUT2D eigenvalue weighted by molar-refractivity contribution is 5.87. The Morgan fingerprint density at radius 1 is 1.00 bits per heavy atom. The van der Waals surface area contributed by atoms with E-state index in [2.05, 4.69) is 5.32 Å². The summed E-state index contributed by atoms with van der Waals surface area (Å²) in [5.41, 5.74) is 8.10. The van der Waals surface area contributed by atoms with Crippen LogP contribution in [0.5, 0.6) is 0 Å². The number of carbonyl (C=O) groups excluding carboxylic acids is 1.